The summed E-state index contributed by atoms with van der Waals surface area (Å²) in [4.78, 5) is 16.8. The molecular formula is C19H28N2O2. The number of benzene rings is 1. The molecule has 2 aliphatic rings. The number of amides is 1. The fraction of sp³-hybridized carbons (Fsp3) is 0.632. The molecule has 0 aliphatic carbocycles. The maximum atomic E-state index is 12.1. The normalized spacial score (nSPS) is 25.8. The first-order valence-corrected chi connectivity index (χ1v) is 8.82. The molecule has 0 bridgehead atoms. The number of carbonyl (C=O) groups is 1. The van der Waals surface area contributed by atoms with E-state index < -0.39 is 0 Å². The molecule has 4 nitrogen and oxygen atoms in total. The van der Waals surface area contributed by atoms with Crippen LogP contribution in [0.2, 0.25) is 0 Å². The Morgan fingerprint density at radius 3 is 2.61 bits per heavy atom. The van der Waals surface area contributed by atoms with Gasteiger partial charge in [-0.3, -0.25) is 9.69 Å². The number of hydrogen-bond acceptors (Lipinski definition) is 3. The van der Waals surface area contributed by atoms with Crippen LogP contribution in [0.3, 0.4) is 0 Å². The Labute approximate surface area is 139 Å². The highest BCUT2D eigenvalue weighted by atomic mass is 16.5. The Bertz CT molecular complexity index is 543. The Hall–Kier alpha value is -1.55. The van der Waals surface area contributed by atoms with Gasteiger partial charge in [-0.05, 0) is 56.8 Å². The van der Waals surface area contributed by atoms with Crippen LogP contribution in [0.25, 0.3) is 0 Å². The van der Waals surface area contributed by atoms with E-state index in [0.717, 1.165) is 57.6 Å². The largest absolute Gasteiger partial charge is 0.497 e. The van der Waals surface area contributed by atoms with E-state index in [9.17, 15) is 4.79 Å². The lowest BCUT2D eigenvalue weighted by Gasteiger charge is -2.37. The molecule has 126 valence electrons. The molecule has 2 saturated heterocycles. The van der Waals surface area contributed by atoms with Crippen molar-refractivity contribution in [2.24, 2.45) is 0 Å². The number of nitrogens with zero attached hydrogens (tertiary/aromatic N) is 2. The number of rotatable bonds is 4. The molecule has 1 aromatic rings. The summed E-state index contributed by atoms with van der Waals surface area (Å²) in [5.41, 5.74) is 1.47. The highest BCUT2D eigenvalue weighted by Crippen LogP contribution is 2.39. The standard InChI is InChI=1S/C19H28N2O2/c1-3-21-18(22)9-11-19(21)10-4-13-20(14-12-19)15-16-5-7-17(23-2)8-6-16/h5-8H,3-4,9-15H2,1-2H3/t19-/m1/s1. The lowest BCUT2D eigenvalue weighted by atomic mass is 9.88. The van der Waals surface area contributed by atoms with Crippen LogP contribution in [0, 0.1) is 0 Å². The SMILES string of the molecule is CCN1C(=O)CC[C@@]12CCCN(Cc1ccc(OC)cc1)CC2. The van der Waals surface area contributed by atoms with Gasteiger partial charge in [0.2, 0.25) is 5.91 Å². The second-order valence-electron chi connectivity index (χ2n) is 6.84. The third kappa shape index (κ3) is 3.37. The molecule has 2 heterocycles. The fourth-order valence-corrected chi connectivity index (χ4v) is 4.29. The maximum absolute atomic E-state index is 12.1. The zero-order valence-corrected chi connectivity index (χ0v) is 14.4. The van der Waals surface area contributed by atoms with Gasteiger partial charge < -0.3 is 9.64 Å². The minimum Gasteiger partial charge on any atom is -0.497 e. The van der Waals surface area contributed by atoms with E-state index in [1.165, 1.54) is 12.0 Å². The number of carbonyl (C=O) groups excluding carboxylic acids is 1. The summed E-state index contributed by atoms with van der Waals surface area (Å²) in [5.74, 6) is 1.27. The van der Waals surface area contributed by atoms with Crippen molar-refractivity contribution in [2.75, 3.05) is 26.7 Å². The molecule has 2 fully saturated rings. The lowest BCUT2D eigenvalue weighted by Crippen LogP contribution is -2.46. The number of methoxy groups -OCH3 is 1. The molecule has 1 amide bonds. The molecule has 3 rings (SSSR count). The summed E-state index contributed by atoms with van der Waals surface area (Å²) in [5, 5.41) is 0. The maximum Gasteiger partial charge on any atom is 0.223 e. The van der Waals surface area contributed by atoms with E-state index in [-0.39, 0.29) is 5.54 Å². The van der Waals surface area contributed by atoms with E-state index in [2.05, 4.69) is 28.9 Å². The summed E-state index contributed by atoms with van der Waals surface area (Å²) < 4.78 is 5.23. The number of hydrogen-bond donors (Lipinski definition) is 0. The lowest BCUT2D eigenvalue weighted by molar-refractivity contribution is -0.131. The minimum atomic E-state index is 0.139. The van der Waals surface area contributed by atoms with Gasteiger partial charge >= 0.3 is 0 Å². The summed E-state index contributed by atoms with van der Waals surface area (Å²) in [6, 6.07) is 8.36. The van der Waals surface area contributed by atoms with Crippen molar-refractivity contribution in [3.05, 3.63) is 29.8 Å². The second-order valence-corrected chi connectivity index (χ2v) is 6.84. The molecule has 1 spiro atoms. The predicted molar refractivity (Wildman–Crippen MR) is 91.5 cm³/mol. The van der Waals surface area contributed by atoms with Gasteiger partial charge in [0, 0.05) is 31.6 Å². The van der Waals surface area contributed by atoms with Crippen molar-refractivity contribution >= 4 is 5.91 Å². The van der Waals surface area contributed by atoms with E-state index in [1.807, 2.05) is 12.1 Å². The topological polar surface area (TPSA) is 32.8 Å². The highest BCUT2D eigenvalue weighted by molar-refractivity contribution is 5.79. The molecule has 1 atom stereocenters. The van der Waals surface area contributed by atoms with Crippen LogP contribution in [0.15, 0.2) is 24.3 Å². The Kier molecular flexibility index (Phi) is 4.90. The van der Waals surface area contributed by atoms with Crippen molar-refractivity contribution in [1.82, 2.24) is 9.80 Å². The Morgan fingerprint density at radius 1 is 1.13 bits per heavy atom. The van der Waals surface area contributed by atoms with Gasteiger partial charge in [-0.25, -0.2) is 0 Å². The molecule has 23 heavy (non-hydrogen) atoms. The first-order valence-electron chi connectivity index (χ1n) is 8.82. The van der Waals surface area contributed by atoms with Crippen molar-refractivity contribution in [3.63, 3.8) is 0 Å². The number of likely N-dealkylation sites (tertiary alicyclic amines) is 2. The van der Waals surface area contributed by atoms with Crippen LogP contribution >= 0.6 is 0 Å². The van der Waals surface area contributed by atoms with Crippen molar-refractivity contribution in [1.29, 1.82) is 0 Å². The molecule has 0 N–H and O–H groups in total. The van der Waals surface area contributed by atoms with Gasteiger partial charge in [0.1, 0.15) is 5.75 Å². The third-order valence-electron chi connectivity index (χ3n) is 5.57. The van der Waals surface area contributed by atoms with Gasteiger partial charge in [0.05, 0.1) is 7.11 Å². The average molecular weight is 316 g/mol. The minimum absolute atomic E-state index is 0.139. The second kappa shape index (κ2) is 6.91. The molecule has 0 unspecified atom stereocenters. The molecule has 0 radical (unpaired) electrons. The quantitative estimate of drug-likeness (QED) is 0.856. The molecule has 2 aliphatic heterocycles. The summed E-state index contributed by atoms with van der Waals surface area (Å²) in [7, 11) is 1.70. The van der Waals surface area contributed by atoms with Crippen LogP contribution in [0.4, 0.5) is 0 Å². The van der Waals surface area contributed by atoms with Gasteiger partial charge in [-0.1, -0.05) is 12.1 Å². The molecule has 1 aromatic carbocycles. The van der Waals surface area contributed by atoms with E-state index >= 15 is 0 Å². The third-order valence-corrected chi connectivity index (χ3v) is 5.57. The van der Waals surface area contributed by atoms with E-state index in [1.54, 1.807) is 7.11 Å². The first kappa shape index (κ1) is 16.3. The highest BCUT2D eigenvalue weighted by Gasteiger charge is 2.44. The van der Waals surface area contributed by atoms with E-state index in [4.69, 9.17) is 4.74 Å². The molecule has 0 saturated carbocycles. The van der Waals surface area contributed by atoms with Crippen molar-refractivity contribution in [2.45, 2.75) is 51.1 Å². The smallest absolute Gasteiger partial charge is 0.223 e. The van der Waals surface area contributed by atoms with Gasteiger partial charge in [0.15, 0.2) is 0 Å². The van der Waals surface area contributed by atoms with E-state index in [0.29, 0.717) is 5.91 Å². The summed E-state index contributed by atoms with van der Waals surface area (Å²) in [6.07, 6.45) is 5.25. The summed E-state index contributed by atoms with van der Waals surface area (Å²) in [6.45, 7) is 6.16. The zero-order chi connectivity index (χ0) is 16.3. The summed E-state index contributed by atoms with van der Waals surface area (Å²) >= 11 is 0. The van der Waals surface area contributed by atoms with Crippen LogP contribution in [0.1, 0.15) is 44.6 Å². The molecule has 0 aromatic heterocycles. The Balaban J connectivity index is 1.63. The monoisotopic (exact) mass is 316 g/mol. The van der Waals surface area contributed by atoms with Crippen LogP contribution < -0.4 is 4.74 Å². The fourth-order valence-electron chi connectivity index (χ4n) is 4.29. The van der Waals surface area contributed by atoms with Gasteiger partial charge in [-0.2, -0.15) is 0 Å². The molecule has 4 heteroatoms. The zero-order valence-electron chi connectivity index (χ0n) is 14.4. The molecular weight excluding hydrogens is 288 g/mol. The van der Waals surface area contributed by atoms with Crippen molar-refractivity contribution < 1.29 is 9.53 Å². The first-order chi connectivity index (χ1) is 11.2. The van der Waals surface area contributed by atoms with Crippen LogP contribution in [-0.2, 0) is 11.3 Å². The average Bonchev–Trinajstić information content (AvgIpc) is 2.75. The van der Waals surface area contributed by atoms with Gasteiger partial charge in [0.25, 0.3) is 0 Å². The Morgan fingerprint density at radius 2 is 1.91 bits per heavy atom. The predicted octanol–water partition coefficient (Wildman–Crippen LogP) is 3.06. The van der Waals surface area contributed by atoms with Crippen molar-refractivity contribution in [3.8, 4) is 5.75 Å². The number of ether oxygens (including phenoxy) is 1. The van der Waals surface area contributed by atoms with Crippen LogP contribution in [0.5, 0.6) is 5.75 Å². The van der Waals surface area contributed by atoms with Gasteiger partial charge in [-0.15, -0.1) is 0 Å². The van der Waals surface area contributed by atoms with Crippen LogP contribution in [-0.4, -0.2) is 48.0 Å².